The van der Waals surface area contributed by atoms with E-state index in [1.807, 2.05) is 0 Å². The summed E-state index contributed by atoms with van der Waals surface area (Å²) in [6.45, 7) is 0.329. The lowest BCUT2D eigenvalue weighted by Crippen LogP contribution is -2.29. The number of aliphatic hydroxyl groups excluding tert-OH is 1. The van der Waals surface area contributed by atoms with Crippen LogP contribution in [0.15, 0.2) is 57.9 Å². The highest BCUT2D eigenvalue weighted by Gasteiger charge is 2.13. The van der Waals surface area contributed by atoms with E-state index in [-0.39, 0.29) is 29.4 Å². The first-order valence-corrected chi connectivity index (χ1v) is 8.45. The van der Waals surface area contributed by atoms with Crippen molar-refractivity contribution in [1.29, 1.82) is 0 Å². The third-order valence-electron chi connectivity index (χ3n) is 3.90. The van der Waals surface area contributed by atoms with Crippen LogP contribution in [0.4, 0.5) is 5.69 Å². The van der Waals surface area contributed by atoms with E-state index in [0.717, 1.165) is 0 Å². The van der Waals surface area contributed by atoms with E-state index in [1.54, 1.807) is 43.5 Å². The Morgan fingerprint density at radius 1 is 1.19 bits per heavy atom. The molecule has 0 atom stereocenters. The van der Waals surface area contributed by atoms with Gasteiger partial charge in [-0.1, -0.05) is 0 Å². The van der Waals surface area contributed by atoms with Crippen LogP contribution in [0.1, 0.15) is 16.8 Å². The maximum absolute atomic E-state index is 12.6. The van der Waals surface area contributed by atoms with Gasteiger partial charge in [-0.2, -0.15) is 0 Å². The molecule has 1 amide bonds. The molecule has 1 aromatic heterocycles. The minimum Gasteiger partial charge on any atom is -0.508 e. The SMILES string of the molecule is COc1ccc(N=c2oc3cc(O)ccc3cc2C(=O)NCCCO)cc1. The first-order valence-electron chi connectivity index (χ1n) is 8.45. The Hall–Kier alpha value is -3.32. The first kappa shape index (κ1) is 18.5. The Bertz CT molecular complexity index is 1010. The van der Waals surface area contributed by atoms with Gasteiger partial charge < -0.3 is 24.7 Å². The Labute approximate surface area is 155 Å². The molecule has 3 rings (SSSR count). The summed E-state index contributed by atoms with van der Waals surface area (Å²) >= 11 is 0. The van der Waals surface area contributed by atoms with Crippen molar-refractivity contribution in [2.75, 3.05) is 20.3 Å². The highest BCUT2D eigenvalue weighted by molar-refractivity contribution is 5.96. The molecule has 0 saturated heterocycles. The second kappa shape index (κ2) is 8.37. The zero-order chi connectivity index (χ0) is 19.2. The third kappa shape index (κ3) is 4.45. The number of hydrogen-bond acceptors (Lipinski definition) is 6. The van der Waals surface area contributed by atoms with Crippen LogP contribution in [0.25, 0.3) is 11.0 Å². The summed E-state index contributed by atoms with van der Waals surface area (Å²) in [6, 6.07) is 13.3. The summed E-state index contributed by atoms with van der Waals surface area (Å²) in [5.74, 6) is 0.396. The van der Waals surface area contributed by atoms with Crippen molar-refractivity contribution >= 4 is 22.6 Å². The molecule has 0 radical (unpaired) electrons. The molecule has 0 bridgehead atoms. The molecule has 0 saturated carbocycles. The van der Waals surface area contributed by atoms with Gasteiger partial charge in [0.25, 0.3) is 5.91 Å². The summed E-state index contributed by atoms with van der Waals surface area (Å²) in [6.07, 6.45) is 0.454. The van der Waals surface area contributed by atoms with Crippen LogP contribution < -0.4 is 15.6 Å². The molecule has 0 aliphatic heterocycles. The number of carbonyl (C=O) groups is 1. The van der Waals surface area contributed by atoms with Crippen molar-refractivity contribution in [3.63, 3.8) is 0 Å². The third-order valence-corrected chi connectivity index (χ3v) is 3.90. The fourth-order valence-corrected chi connectivity index (χ4v) is 2.50. The summed E-state index contributed by atoms with van der Waals surface area (Å²) in [7, 11) is 1.58. The lowest BCUT2D eigenvalue weighted by molar-refractivity contribution is 0.0947. The molecular weight excluding hydrogens is 348 g/mol. The number of phenols is 1. The van der Waals surface area contributed by atoms with Crippen molar-refractivity contribution in [2.45, 2.75) is 6.42 Å². The minimum absolute atomic E-state index is 0.00919. The van der Waals surface area contributed by atoms with Crippen molar-refractivity contribution in [3.05, 3.63) is 59.6 Å². The minimum atomic E-state index is -0.352. The van der Waals surface area contributed by atoms with E-state index in [2.05, 4.69) is 10.3 Å². The molecule has 0 aliphatic rings. The second-order valence-electron chi connectivity index (χ2n) is 5.83. The smallest absolute Gasteiger partial charge is 0.256 e. The highest BCUT2D eigenvalue weighted by Crippen LogP contribution is 2.21. The van der Waals surface area contributed by atoms with E-state index in [0.29, 0.717) is 35.4 Å². The number of benzene rings is 2. The van der Waals surface area contributed by atoms with Crippen LogP contribution >= 0.6 is 0 Å². The lowest BCUT2D eigenvalue weighted by atomic mass is 10.1. The van der Waals surface area contributed by atoms with Crippen LogP contribution in [0, 0.1) is 0 Å². The number of nitrogens with zero attached hydrogens (tertiary/aromatic N) is 1. The number of amides is 1. The van der Waals surface area contributed by atoms with E-state index in [1.165, 1.54) is 12.1 Å². The Balaban J connectivity index is 2.09. The molecule has 7 heteroatoms. The van der Waals surface area contributed by atoms with Gasteiger partial charge in [0.15, 0.2) is 0 Å². The maximum Gasteiger partial charge on any atom is 0.256 e. The maximum atomic E-state index is 12.6. The van der Waals surface area contributed by atoms with E-state index in [4.69, 9.17) is 14.3 Å². The van der Waals surface area contributed by atoms with Gasteiger partial charge in [-0.3, -0.25) is 4.79 Å². The zero-order valence-electron chi connectivity index (χ0n) is 14.8. The number of hydrogen-bond donors (Lipinski definition) is 3. The fraction of sp³-hybridized carbons (Fsp3) is 0.200. The van der Waals surface area contributed by atoms with E-state index in [9.17, 15) is 9.90 Å². The molecule has 2 aromatic carbocycles. The Morgan fingerprint density at radius 3 is 2.67 bits per heavy atom. The fourth-order valence-electron chi connectivity index (χ4n) is 2.50. The predicted molar refractivity (Wildman–Crippen MR) is 100 cm³/mol. The number of carbonyl (C=O) groups excluding carboxylic acids is 1. The molecule has 0 aliphatic carbocycles. The molecule has 7 nitrogen and oxygen atoms in total. The van der Waals surface area contributed by atoms with Crippen molar-refractivity contribution in [3.8, 4) is 11.5 Å². The molecule has 140 valence electrons. The van der Waals surface area contributed by atoms with Crippen molar-refractivity contribution < 1.29 is 24.2 Å². The number of phenolic OH excluding ortho intramolecular Hbond substituents is 1. The van der Waals surface area contributed by atoms with Gasteiger partial charge in [0.2, 0.25) is 5.55 Å². The van der Waals surface area contributed by atoms with Gasteiger partial charge in [-0.15, -0.1) is 0 Å². The van der Waals surface area contributed by atoms with Crippen LogP contribution in [0.2, 0.25) is 0 Å². The quantitative estimate of drug-likeness (QED) is 0.580. The number of aliphatic hydroxyl groups is 1. The van der Waals surface area contributed by atoms with Gasteiger partial charge in [0.05, 0.1) is 12.8 Å². The first-order chi connectivity index (χ1) is 13.1. The highest BCUT2D eigenvalue weighted by atomic mass is 16.5. The number of aromatic hydroxyl groups is 1. The van der Waals surface area contributed by atoms with E-state index >= 15 is 0 Å². The molecule has 3 aromatic rings. The van der Waals surface area contributed by atoms with Gasteiger partial charge in [-0.05, 0) is 48.9 Å². The van der Waals surface area contributed by atoms with Crippen LogP contribution in [-0.2, 0) is 0 Å². The number of nitrogens with one attached hydrogen (secondary N) is 1. The summed E-state index contributed by atoms with van der Waals surface area (Å²) < 4.78 is 10.9. The average molecular weight is 368 g/mol. The predicted octanol–water partition coefficient (Wildman–Crippen LogP) is 2.49. The topological polar surface area (TPSA) is 104 Å². The standard InChI is InChI=1S/C20H20N2O5/c1-26-16-7-4-14(5-8-16)22-20-17(19(25)21-9-2-10-23)11-13-3-6-15(24)12-18(13)27-20/h3-8,11-12,23-24H,2,9-10H2,1H3,(H,21,25). The van der Waals surface area contributed by atoms with Gasteiger partial charge in [0.1, 0.15) is 22.6 Å². The number of methoxy groups -OCH3 is 1. The van der Waals surface area contributed by atoms with Crippen molar-refractivity contribution in [2.24, 2.45) is 4.99 Å². The summed E-state index contributed by atoms with van der Waals surface area (Å²) in [4.78, 5) is 17.0. The second-order valence-corrected chi connectivity index (χ2v) is 5.83. The Kier molecular flexibility index (Phi) is 5.73. The molecular formula is C20H20N2O5. The number of ether oxygens (including phenoxy) is 1. The number of rotatable bonds is 6. The van der Waals surface area contributed by atoms with Crippen molar-refractivity contribution in [1.82, 2.24) is 5.32 Å². The molecule has 0 fully saturated rings. The van der Waals surface area contributed by atoms with Crippen LogP contribution in [-0.4, -0.2) is 36.4 Å². The van der Waals surface area contributed by atoms with Crippen LogP contribution in [0.3, 0.4) is 0 Å². The van der Waals surface area contributed by atoms with Gasteiger partial charge in [-0.25, -0.2) is 4.99 Å². The van der Waals surface area contributed by atoms with Gasteiger partial charge in [0, 0.05) is 24.6 Å². The number of fused-ring (bicyclic) bond motifs is 1. The molecule has 3 N–H and O–H groups in total. The normalized spacial score (nSPS) is 11.6. The van der Waals surface area contributed by atoms with Crippen LogP contribution in [0.5, 0.6) is 11.5 Å². The summed E-state index contributed by atoms with van der Waals surface area (Å²) in [5.41, 5.74) is 1.39. The molecule has 0 unspecified atom stereocenters. The molecule has 0 spiro atoms. The average Bonchev–Trinajstić information content (AvgIpc) is 2.68. The zero-order valence-corrected chi connectivity index (χ0v) is 14.8. The monoisotopic (exact) mass is 368 g/mol. The van der Waals surface area contributed by atoms with Gasteiger partial charge >= 0.3 is 0 Å². The largest absolute Gasteiger partial charge is 0.508 e. The lowest BCUT2D eigenvalue weighted by Gasteiger charge is -2.07. The molecule has 1 heterocycles. The molecule has 27 heavy (non-hydrogen) atoms. The Morgan fingerprint density at radius 2 is 1.96 bits per heavy atom. The summed E-state index contributed by atoms with van der Waals surface area (Å²) in [5, 5.41) is 22.0. The van der Waals surface area contributed by atoms with E-state index < -0.39 is 0 Å².